The lowest BCUT2D eigenvalue weighted by Gasteiger charge is -2.12. The zero-order valence-electron chi connectivity index (χ0n) is 10.3. The van der Waals surface area contributed by atoms with E-state index in [0.29, 0.717) is 6.04 Å². The summed E-state index contributed by atoms with van der Waals surface area (Å²) in [6.45, 7) is 2.21. The maximum absolute atomic E-state index is 3.41. The van der Waals surface area contributed by atoms with Gasteiger partial charge >= 0.3 is 0 Å². The van der Waals surface area contributed by atoms with Gasteiger partial charge in [0.2, 0.25) is 0 Å². The van der Waals surface area contributed by atoms with Crippen LogP contribution in [0.15, 0.2) is 29.6 Å². The van der Waals surface area contributed by atoms with E-state index in [-0.39, 0.29) is 0 Å². The molecule has 1 heterocycles. The third-order valence-corrected chi connectivity index (χ3v) is 4.61. The topological polar surface area (TPSA) is 12.0 Å². The Hall–Kier alpha value is -1.12. The average Bonchev–Trinajstić information content (AvgIpc) is 2.94. The number of hydrogen-bond donors (Lipinski definition) is 1. The van der Waals surface area contributed by atoms with Gasteiger partial charge in [0.05, 0.1) is 0 Å². The molecule has 0 amide bonds. The van der Waals surface area contributed by atoms with Gasteiger partial charge < -0.3 is 5.32 Å². The van der Waals surface area contributed by atoms with Crippen LogP contribution in [0.25, 0.3) is 11.1 Å². The van der Waals surface area contributed by atoms with E-state index in [2.05, 4.69) is 48.9 Å². The first kappa shape index (κ1) is 11.0. The number of aryl methyl sites for hydroxylation is 1. The van der Waals surface area contributed by atoms with Crippen LogP contribution in [0.1, 0.15) is 28.5 Å². The standard InChI is InChI=1S/C15H17NS/c1-10-11(8-9-17-10)12-4-3-5-14-13(12)6-7-15(14)16-2/h3-5,8-9,15-16H,6-7H2,1-2H3. The Morgan fingerprint density at radius 3 is 2.82 bits per heavy atom. The predicted molar refractivity (Wildman–Crippen MR) is 74.6 cm³/mol. The van der Waals surface area contributed by atoms with Gasteiger partial charge in [0, 0.05) is 10.9 Å². The Morgan fingerprint density at radius 1 is 1.24 bits per heavy atom. The van der Waals surface area contributed by atoms with Gasteiger partial charge in [0.25, 0.3) is 0 Å². The van der Waals surface area contributed by atoms with Crippen molar-refractivity contribution >= 4 is 11.3 Å². The molecule has 17 heavy (non-hydrogen) atoms. The van der Waals surface area contributed by atoms with E-state index in [1.165, 1.54) is 34.4 Å². The summed E-state index contributed by atoms with van der Waals surface area (Å²) in [5.41, 5.74) is 5.91. The highest BCUT2D eigenvalue weighted by Gasteiger charge is 2.23. The molecule has 0 fully saturated rings. The van der Waals surface area contributed by atoms with Crippen molar-refractivity contribution < 1.29 is 0 Å². The molecule has 1 aliphatic carbocycles. The van der Waals surface area contributed by atoms with Gasteiger partial charge in [-0.3, -0.25) is 0 Å². The summed E-state index contributed by atoms with van der Waals surface area (Å²) in [4.78, 5) is 1.42. The highest BCUT2D eigenvalue weighted by atomic mass is 32.1. The Kier molecular flexibility index (Phi) is 2.77. The quantitative estimate of drug-likeness (QED) is 0.842. The van der Waals surface area contributed by atoms with Crippen LogP contribution in [-0.4, -0.2) is 7.05 Å². The lowest BCUT2D eigenvalue weighted by Crippen LogP contribution is -2.12. The molecular formula is C15H17NS. The molecule has 1 aromatic heterocycles. The highest BCUT2D eigenvalue weighted by Crippen LogP contribution is 2.39. The lowest BCUT2D eigenvalue weighted by molar-refractivity contribution is 0.590. The van der Waals surface area contributed by atoms with Crippen molar-refractivity contribution in [3.8, 4) is 11.1 Å². The zero-order chi connectivity index (χ0) is 11.8. The minimum Gasteiger partial charge on any atom is -0.313 e. The second-order valence-corrected chi connectivity index (χ2v) is 5.76. The van der Waals surface area contributed by atoms with Crippen molar-refractivity contribution in [2.75, 3.05) is 7.05 Å². The molecule has 3 rings (SSSR count). The smallest absolute Gasteiger partial charge is 0.0323 e. The fourth-order valence-electron chi connectivity index (χ4n) is 2.87. The first-order chi connectivity index (χ1) is 8.31. The molecule has 0 saturated heterocycles. The Morgan fingerprint density at radius 2 is 2.12 bits per heavy atom. The van der Waals surface area contributed by atoms with E-state index < -0.39 is 0 Å². The van der Waals surface area contributed by atoms with Crippen molar-refractivity contribution in [2.24, 2.45) is 0 Å². The van der Waals surface area contributed by atoms with Crippen molar-refractivity contribution in [3.05, 3.63) is 45.6 Å². The molecule has 0 spiro atoms. The lowest BCUT2D eigenvalue weighted by atomic mass is 9.97. The van der Waals surface area contributed by atoms with Gasteiger partial charge in [-0.05, 0) is 60.5 Å². The zero-order valence-corrected chi connectivity index (χ0v) is 11.1. The number of nitrogens with one attached hydrogen (secondary N) is 1. The summed E-state index contributed by atoms with van der Waals surface area (Å²) >= 11 is 1.84. The van der Waals surface area contributed by atoms with Crippen LogP contribution in [0.3, 0.4) is 0 Å². The molecule has 1 N–H and O–H groups in total. The Labute approximate surface area is 106 Å². The summed E-state index contributed by atoms with van der Waals surface area (Å²) in [5.74, 6) is 0. The summed E-state index contributed by atoms with van der Waals surface area (Å²) < 4.78 is 0. The summed E-state index contributed by atoms with van der Waals surface area (Å²) in [5, 5.41) is 5.60. The van der Waals surface area contributed by atoms with Crippen LogP contribution in [-0.2, 0) is 6.42 Å². The van der Waals surface area contributed by atoms with Crippen molar-refractivity contribution in [2.45, 2.75) is 25.8 Å². The molecular weight excluding hydrogens is 226 g/mol. The third kappa shape index (κ3) is 1.72. The summed E-state index contributed by atoms with van der Waals surface area (Å²) in [7, 11) is 2.06. The van der Waals surface area contributed by atoms with Crippen molar-refractivity contribution in [1.82, 2.24) is 5.32 Å². The fourth-order valence-corrected chi connectivity index (χ4v) is 3.58. The van der Waals surface area contributed by atoms with Crippen LogP contribution < -0.4 is 5.32 Å². The number of rotatable bonds is 2. The molecule has 1 unspecified atom stereocenters. The summed E-state index contributed by atoms with van der Waals surface area (Å²) in [6, 6.07) is 9.54. The maximum Gasteiger partial charge on any atom is 0.0323 e. The van der Waals surface area contributed by atoms with Crippen molar-refractivity contribution in [1.29, 1.82) is 0 Å². The number of thiophene rings is 1. The molecule has 0 radical (unpaired) electrons. The average molecular weight is 243 g/mol. The van der Waals surface area contributed by atoms with E-state index in [1.807, 2.05) is 11.3 Å². The molecule has 1 aliphatic rings. The van der Waals surface area contributed by atoms with E-state index in [1.54, 1.807) is 5.56 Å². The Bertz CT molecular complexity index is 542. The van der Waals surface area contributed by atoms with Gasteiger partial charge in [-0.15, -0.1) is 11.3 Å². The van der Waals surface area contributed by atoms with E-state index in [4.69, 9.17) is 0 Å². The molecule has 1 atom stereocenters. The second kappa shape index (κ2) is 4.28. The number of fused-ring (bicyclic) bond motifs is 1. The number of hydrogen-bond acceptors (Lipinski definition) is 2. The molecule has 2 heteroatoms. The molecule has 0 saturated carbocycles. The first-order valence-electron chi connectivity index (χ1n) is 6.15. The van der Waals surface area contributed by atoms with Gasteiger partial charge in [-0.1, -0.05) is 18.2 Å². The highest BCUT2D eigenvalue weighted by molar-refractivity contribution is 7.10. The minimum atomic E-state index is 0.545. The molecule has 1 nitrogen and oxygen atoms in total. The summed E-state index contributed by atoms with van der Waals surface area (Å²) in [6.07, 6.45) is 2.43. The van der Waals surface area contributed by atoms with E-state index >= 15 is 0 Å². The van der Waals surface area contributed by atoms with Gasteiger partial charge in [0.15, 0.2) is 0 Å². The largest absolute Gasteiger partial charge is 0.313 e. The predicted octanol–water partition coefficient (Wildman–Crippen LogP) is 3.93. The molecule has 0 aliphatic heterocycles. The maximum atomic E-state index is 3.41. The molecule has 88 valence electrons. The van der Waals surface area contributed by atoms with Crippen molar-refractivity contribution in [3.63, 3.8) is 0 Å². The number of benzene rings is 1. The molecule has 1 aromatic carbocycles. The Balaban J connectivity index is 2.15. The minimum absolute atomic E-state index is 0.545. The van der Waals surface area contributed by atoms with Gasteiger partial charge in [0.1, 0.15) is 0 Å². The van der Waals surface area contributed by atoms with E-state index in [0.717, 1.165) is 0 Å². The SMILES string of the molecule is CNC1CCc2c(-c3ccsc3C)cccc21. The molecule has 0 bridgehead atoms. The monoisotopic (exact) mass is 243 g/mol. The van der Waals surface area contributed by atoms with Crippen LogP contribution in [0, 0.1) is 6.92 Å². The fraction of sp³-hybridized carbons (Fsp3) is 0.333. The van der Waals surface area contributed by atoms with Crippen LogP contribution in [0.5, 0.6) is 0 Å². The first-order valence-corrected chi connectivity index (χ1v) is 7.02. The van der Waals surface area contributed by atoms with E-state index in [9.17, 15) is 0 Å². The molecule has 2 aromatic rings. The second-order valence-electron chi connectivity index (χ2n) is 4.64. The van der Waals surface area contributed by atoms with Crippen LogP contribution in [0.2, 0.25) is 0 Å². The normalized spacial score (nSPS) is 18.4. The third-order valence-electron chi connectivity index (χ3n) is 3.77. The van der Waals surface area contributed by atoms with Crippen LogP contribution >= 0.6 is 11.3 Å². The van der Waals surface area contributed by atoms with Crippen LogP contribution in [0.4, 0.5) is 0 Å². The van der Waals surface area contributed by atoms with Gasteiger partial charge in [-0.2, -0.15) is 0 Å². The van der Waals surface area contributed by atoms with Gasteiger partial charge in [-0.25, -0.2) is 0 Å².